The molecule has 0 bridgehead atoms. The van der Waals surface area contributed by atoms with E-state index in [9.17, 15) is 4.79 Å². The molecule has 0 saturated heterocycles. The molecule has 21 heavy (non-hydrogen) atoms. The number of nitrogens with one attached hydrogen (secondary N) is 1. The van der Waals surface area contributed by atoms with Gasteiger partial charge in [-0.25, -0.2) is 0 Å². The van der Waals surface area contributed by atoms with E-state index < -0.39 is 0 Å². The molecule has 1 N–H and O–H groups in total. The van der Waals surface area contributed by atoms with Crippen LogP contribution in [0.3, 0.4) is 0 Å². The standard InChI is InChI=1S/C17H19BrN2O/c1-20(2)16-9-7-15(8-10-16)17(21)19-12-14-5-3-13(11-18)4-6-14/h3-10H,11-12H2,1-2H3,(H,19,21). The molecule has 1 amide bonds. The summed E-state index contributed by atoms with van der Waals surface area (Å²) in [5.41, 5.74) is 4.08. The number of halogens is 1. The molecule has 110 valence electrons. The Bertz CT molecular complexity index is 591. The van der Waals surface area contributed by atoms with Crippen LogP contribution in [0, 0.1) is 0 Å². The Labute approximate surface area is 134 Å². The second-order valence-corrected chi connectivity index (χ2v) is 5.63. The third kappa shape index (κ3) is 4.33. The van der Waals surface area contributed by atoms with Crippen molar-refractivity contribution in [3.05, 3.63) is 65.2 Å². The minimum atomic E-state index is -0.0510. The van der Waals surface area contributed by atoms with Crippen molar-refractivity contribution in [1.82, 2.24) is 5.32 Å². The summed E-state index contributed by atoms with van der Waals surface area (Å²) in [4.78, 5) is 14.1. The van der Waals surface area contributed by atoms with E-state index in [0.29, 0.717) is 12.1 Å². The van der Waals surface area contributed by atoms with Gasteiger partial charge in [-0.05, 0) is 35.4 Å². The molecular weight excluding hydrogens is 328 g/mol. The summed E-state index contributed by atoms with van der Waals surface area (Å²) < 4.78 is 0. The normalized spacial score (nSPS) is 10.2. The molecule has 3 nitrogen and oxygen atoms in total. The van der Waals surface area contributed by atoms with Crippen molar-refractivity contribution in [2.45, 2.75) is 11.9 Å². The van der Waals surface area contributed by atoms with Gasteiger partial charge in [-0.3, -0.25) is 4.79 Å². The van der Waals surface area contributed by atoms with E-state index in [1.165, 1.54) is 5.56 Å². The van der Waals surface area contributed by atoms with Crippen molar-refractivity contribution >= 4 is 27.5 Å². The number of hydrogen-bond acceptors (Lipinski definition) is 2. The van der Waals surface area contributed by atoms with E-state index in [1.54, 1.807) is 0 Å². The van der Waals surface area contributed by atoms with Gasteiger partial charge in [0.1, 0.15) is 0 Å². The van der Waals surface area contributed by atoms with Gasteiger partial charge in [0.2, 0.25) is 0 Å². The number of hydrogen-bond donors (Lipinski definition) is 1. The first-order chi connectivity index (χ1) is 10.1. The van der Waals surface area contributed by atoms with Crippen LogP contribution in [0.2, 0.25) is 0 Å². The lowest BCUT2D eigenvalue weighted by molar-refractivity contribution is 0.0951. The highest BCUT2D eigenvalue weighted by molar-refractivity contribution is 9.08. The third-order valence-corrected chi connectivity index (χ3v) is 3.92. The Hall–Kier alpha value is -1.81. The maximum Gasteiger partial charge on any atom is 0.251 e. The lowest BCUT2D eigenvalue weighted by Crippen LogP contribution is -2.22. The van der Waals surface area contributed by atoms with E-state index in [2.05, 4.69) is 33.4 Å². The van der Waals surface area contributed by atoms with Gasteiger partial charge in [-0.1, -0.05) is 40.2 Å². The summed E-state index contributed by atoms with van der Waals surface area (Å²) >= 11 is 3.42. The molecule has 0 spiro atoms. The van der Waals surface area contributed by atoms with E-state index in [-0.39, 0.29) is 5.91 Å². The van der Waals surface area contributed by atoms with E-state index in [1.807, 2.05) is 55.4 Å². The molecule has 2 rings (SSSR count). The first kappa shape index (κ1) is 15.6. The van der Waals surface area contributed by atoms with Gasteiger partial charge in [0.25, 0.3) is 5.91 Å². The van der Waals surface area contributed by atoms with E-state index >= 15 is 0 Å². The van der Waals surface area contributed by atoms with Crippen molar-refractivity contribution in [3.63, 3.8) is 0 Å². The van der Waals surface area contributed by atoms with Crippen LogP contribution >= 0.6 is 15.9 Å². The number of amides is 1. The SMILES string of the molecule is CN(C)c1ccc(C(=O)NCc2ccc(CBr)cc2)cc1. The van der Waals surface area contributed by atoms with E-state index in [0.717, 1.165) is 16.6 Å². The van der Waals surface area contributed by atoms with Crippen LogP contribution < -0.4 is 10.2 Å². The summed E-state index contributed by atoms with van der Waals surface area (Å²) in [5.74, 6) is -0.0510. The molecule has 0 heterocycles. The second-order valence-electron chi connectivity index (χ2n) is 5.07. The molecule has 2 aromatic carbocycles. The van der Waals surface area contributed by atoms with Crippen molar-refractivity contribution in [2.24, 2.45) is 0 Å². The second kappa shape index (κ2) is 7.27. The maximum absolute atomic E-state index is 12.1. The number of carbonyl (C=O) groups is 1. The molecule has 0 aliphatic carbocycles. The van der Waals surface area contributed by atoms with Crippen LogP contribution in [-0.4, -0.2) is 20.0 Å². The van der Waals surface area contributed by atoms with Gasteiger partial charge in [0, 0.05) is 37.2 Å². The fourth-order valence-electron chi connectivity index (χ4n) is 1.94. The fourth-order valence-corrected chi connectivity index (χ4v) is 2.32. The average Bonchev–Trinajstić information content (AvgIpc) is 2.53. The number of rotatable bonds is 5. The smallest absolute Gasteiger partial charge is 0.251 e. The quantitative estimate of drug-likeness (QED) is 0.839. The minimum Gasteiger partial charge on any atom is -0.378 e. The monoisotopic (exact) mass is 346 g/mol. The molecular formula is C17H19BrN2O. The fraction of sp³-hybridized carbons (Fsp3) is 0.235. The number of carbonyl (C=O) groups excluding carboxylic acids is 1. The Morgan fingerprint density at radius 2 is 1.57 bits per heavy atom. The number of alkyl halides is 1. The summed E-state index contributed by atoms with van der Waals surface area (Å²) in [6.45, 7) is 0.539. The van der Waals surface area contributed by atoms with Crippen LogP contribution in [0.5, 0.6) is 0 Å². The molecule has 0 aromatic heterocycles. The maximum atomic E-state index is 12.1. The molecule has 0 aliphatic rings. The molecule has 2 aromatic rings. The van der Waals surface area contributed by atoms with Gasteiger partial charge in [0.15, 0.2) is 0 Å². The highest BCUT2D eigenvalue weighted by atomic mass is 79.9. The summed E-state index contributed by atoms with van der Waals surface area (Å²) in [7, 11) is 3.96. The predicted molar refractivity (Wildman–Crippen MR) is 91.0 cm³/mol. The van der Waals surface area contributed by atoms with Gasteiger partial charge < -0.3 is 10.2 Å². The molecule has 0 atom stereocenters. The first-order valence-corrected chi connectivity index (χ1v) is 7.91. The molecule has 0 aliphatic heterocycles. The Morgan fingerprint density at radius 1 is 1.00 bits per heavy atom. The van der Waals surface area contributed by atoms with Crippen LogP contribution in [0.25, 0.3) is 0 Å². The summed E-state index contributed by atoms with van der Waals surface area (Å²) in [5, 5.41) is 3.78. The Kier molecular flexibility index (Phi) is 5.39. The minimum absolute atomic E-state index is 0.0510. The Balaban J connectivity index is 1.94. The zero-order valence-corrected chi connectivity index (χ0v) is 13.9. The van der Waals surface area contributed by atoms with Gasteiger partial charge in [-0.15, -0.1) is 0 Å². The lowest BCUT2D eigenvalue weighted by atomic mass is 10.1. The largest absolute Gasteiger partial charge is 0.378 e. The van der Waals surface area contributed by atoms with Gasteiger partial charge >= 0.3 is 0 Å². The zero-order valence-electron chi connectivity index (χ0n) is 12.3. The van der Waals surface area contributed by atoms with Gasteiger partial charge in [0.05, 0.1) is 0 Å². The molecule has 0 saturated carbocycles. The highest BCUT2D eigenvalue weighted by Crippen LogP contribution is 2.12. The van der Waals surface area contributed by atoms with Crippen LogP contribution in [0.1, 0.15) is 21.5 Å². The van der Waals surface area contributed by atoms with Crippen molar-refractivity contribution < 1.29 is 4.79 Å². The van der Waals surface area contributed by atoms with E-state index in [4.69, 9.17) is 0 Å². The summed E-state index contributed by atoms with van der Waals surface area (Å²) in [6, 6.07) is 15.8. The zero-order chi connectivity index (χ0) is 15.2. The average molecular weight is 347 g/mol. The van der Waals surface area contributed by atoms with Crippen LogP contribution in [0.15, 0.2) is 48.5 Å². The highest BCUT2D eigenvalue weighted by Gasteiger charge is 2.05. The first-order valence-electron chi connectivity index (χ1n) is 6.79. The van der Waals surface area contributed by atoms with Crippen molar-refractivity contribution in [3.8, 4) is 0 Å². The lowest BCUT2D eigenvalue weighted by Gasteiger charge is -2.12. The van der Waals surface area contributed by atoms with Crippen LogP contribution in [0.4, 0.5) is 5.69 Å². The Morgan fingerprint density at radius 3 is 2.10 bits per heavy atom. The topological polar surface area (TPSA) is 32.3 Å². The molecule has 0 radical (unpaired) electrons. The van der Waals surface area contributed by atoms with Crippen LogP contribution in [-0.2, 0) is 11.9 Å². The van der Waals surface area contributed by atoms with Gasteiger partial charge in [-0.2, -0.15) is 0 Å². The molecule has 0 fully saturated rings. The molecule has 0 unspecified atom stereocenters. The predicted octanol–water partition coefficient (Wildman–Crippen LogP) is 3.58. The number of anilines is 1. The third-order valence-electron chi connectivity index (χ3n) is 3.28. The molecule has 4 heteroatoms. The summed E-state index contributed by atoms with van der Waals surface area (Å²) in [6.07, 6.45) is 0. The number of nitrogens with zero attached hydrogens (tertiary/aromatic N) is 1. The van der Waals surface area contributed by atoms with Crippen molar-refractivity contribution in [2.75, 3.05) is 19.0 Å². The van der Waals surface area contributed by atoms with Crippen molar-refractivity contribution in [1.29, 1.82) is 0 Å². The number of benzene rings is 2.